The molecule has 3 aromatic rings. The Morgan fingerprint density at radius 3 is 2.02 bits per heavy atom. The number of aliphatic imine (C=N–C) groups is 1. The van der Waals surface area contributed by atoms with Gasteiger partial charge in [-0.25, -0.2) is 14.6 Å². The van der Waals surface area contributed by atoms with Gasteiger partial charge in [-0.15, -0.1) is 0 Å². The molecule has 0 saturated carbocycles. The van der Waals surface area contributed by atoms with Crippen LogP contribution < -0.4 is 4.74 Å². The van der Waals surface area contributed by atoms with Gasteiger partial charge in [-0.05, 0) is 54.8 Å². The van der Waals surface area contributed by atoms with Gasteiger partial charge >= 0.3 is 11.9 Å². The molecule has 3 aromatic carbocycles. The maximum atomic E-state index is 9.55. The van der Waals surface area contributed by atoms with Crippen LogP contribution in [0, 0.1) is 18.8 Å². The predicted molar refractivity (Wildman–Crippen MR) is 156 cm³/mol. The molecule has 0 spiro atoms. The summed E-state index contributed by atoms with van der Waals surface area (Å²) in [7, 11) is 1.67. The van der Waals surface area contributed by atoms with Crippen LogP contribution in [-0.4, -0.2) is 71.1 Å². The lowest BCUT2D eigenvalue weighted by atomic mass is 10.1. The van der Waals surface area contributed by atoms with Crippen LogP contribution in [0.4, 0.5) is 5.69 Å². The van der Waals surface area contributed by atoms with Gasteiger partial charge in [0.1, 0.15) is 5.75 Å². The number of ether oxygens (including phenoxy) is 1. The van der Waals surface area contributed by atoms with Crippen LogP contribution in [-0.2, 0) is 16.1 Å². The molecule has 4 rings (SSSR count). The lowest BCUT2D eigenvalue weighted by Crippen LogP contribution is -2.48. The summed E-state index contributed by atoms with van der Waals surface area (Å²) in [5, 5.41) is 15.6. The molecule has 1 fully saturated rings. The monoisotopic (exact) mass is 539 g/mol. The van der Waals surface area contributed by atoms with E-state index in [2.05, 4.69) is 52.8 Å². The number of methoxy groups -OCH3 is 1. The third-order valence-corrected chi connectivity index (χ3v) is 5.97. The van der Waals surface area contributed by atoms with Crippen molar-refractivity contribution >= 4 is 23.5 Å². The fourth-order valence-electron chi connectivity index (χ4n) is 3.82. The van der Waals surface area contributed by atoms with E-state index in [4.69, 9.17) is 19.9 Å². The number of nitrogens with zero attached hydrogens (tertiary/aromatic N) is 3. The molecule has 1 heterocycles. The second-order valence-corrected chi connectivity index (χ2v) is 9.01. The van der Waals surface area contributed by atoms with Gasteiger partial charge in [0.25, 0.3) is 0 Å². The Hall–Kier alpha value is -4.87. The van der Waals surface area contributed by atoms with Gasteiger partial charge in [-0.2, -0.15) is 0 Å². The Morgan fingerprint density at radius 2 is 1.48 bits per heavy atom. The Balaban J connectivity index is 0.000000482. The van der Waals surface area contributed by atoms with Gasteiger partial charge in [0.2, 0.25) is 0 Å². The summed E-state index contributed by atoms with van der Waals surface area (Å²) < 4.78 is 5.27. The van der Waals surface area contributed by atoms with Crippen LogP contribution in [0.25, 0.3) is 0 Å². The predicted octanol–water partition coefficient (Wildman–Crippen LogP) is 4.61. The summed E-state index contributed by atoms with van der Waals surface area (Å²) in [4.78, 5) is 28.8. The molecule has 1 aliphatic heterocycles. The molecule has 0 bridgehead atoms. The number of benzene rings is 3. The van der Waals surface area contributed by atoms with Gasteiger partial charge in [0.05, 0.1) is 12.8 Å². The highest BCUT2D eigenvalue weighted by Crippen LogP contribution is 2.19. The Kier molecular flexibility index (Phi) is 11.5. The molecule has 0 unspecified atom stereocenters. The molecule has 0 aromatic heterocycles. The topological polar surface area (TPSA) is 103 Å². The van der Waals surface area contributed by atoms with Gasteiger partial charge in [-0.1, -0.05) is 53.9 Å². The Morgan fingerprint density at radius 1 is 0.875 bits per heavy atom. The Labute approximate surface area is 234 Å². The minimum atomic E-state index is -1.26. The van der Waals surface area contributed by atoms with Crippen molar-refractivity contribution in [2.24, 2.45) is 4.99 Å². The summed E-state index contributed by atoms with van der Waals surface area (Å²) in [6.07, 6.45) is 1.12. The van der Waals surface area contributed by atoms with Crippen molar-refractivity contribution < 1.29 is 24.5 Å². The lowest BCUT2D eigenvalue weighted by molar-refractivity contribution is -0.134. The third-order valence-electron chi connectivity index (χ3n) is 5.97. The first-order chi connectivity index (χ1) is 19.3. The van der Waals surface area contributed by atoms with Crippen molar-refractivity contribution in [2.45, 2.75) is 13.5 Å². The van der Waals surface area contributed by atoms with E-state index in [0.29, 0.717) is 12.2 Å². The molecule has 1 saturated heterocycles. The first kappa shape index (κ1) is 29.7. The molecule has 0 aliphatic carbocycles. The molecule has 0 amide bonds. The van der Waals surface area contributed by atoms with Gasteiger partial charge in [0, 0.05) is 50.4 Å². The summed E-state index contributed by atoms with van der Waals surface area (Å²) in [5.74, 6) is 5.73. The maximum absolute atomic E-state index is 9.55. The zero-order chi connectivity index (χ0) is 28.7. The summed E-state index contributed by atoms with van der Waals surface area (Å²) in [6.45, 7) is 6.90. The molecule has 206 valence electrons. The maximum Gasteiger partial charge on any atom is 0.328 e. The summed E-state index contributed by atoms with van der Waals surface area (Å²) in [5.41, 5.74) is 4.54. The smallest absolute Gasteiger partial charge is 0.328 e. The van der Waals surface area contributed by atoms with Crippen LogP contribution in [0.15, 0.2) is 96.0 Å². The third kappa shape index (κ3) is 10.5. The van der Waals surface area contributed by atoms with Crippen LogP contribution >= 0.6 is 0 Å². The number of rotatable bonds is 6. The minimum absolute atomic E-state index is 0.558. The zero-order valence-electron chi connectivity index (χ0n) is 22.7. The highest BCUT2D eigenvalue weighted by Gasteiger charge is 2.19. The summed E-state index contributed by atoms with van der Waals surface area (Å²) in [6, 6.07) is 26.7. The Bertz CT molecular complexity index is 1350. The van der Waals surface area contributed by atoms with Crippen LogP contribution in [0.5, 0.6) is 5.75 Å². The average Bonchev–Trinajstić information content (AvgIpc) is 2.97. The number of carboxylic acids is 2. The van der Waals surface area contributed by atoms with Crippen molar-refractivity contribution in [3.63, 3.8) is 0 Å². The lowest BCUT2D eigenvalue weighted by Gasteiger charge is -2.35. The van der Waals surface area contributed by atoms with Crippen molar-refractivity contribution in [3.05, 3.63) is 108 Å². The van der Waals surface area contributed by atoms with Crippen molar-refractivity contribution in [1.82, 2.24) is 9.80 Å². The molecule has 1 aliphatic rings. The number of carbonyl (C=O) groups is 2. The van der Waals surface area contributed by atoms with E-state index in [1.807, 2.05) is 54.6 Å². The largest absolute Gasteiger partial charge is 0.497 e. The standard InChI is InChI=1S/C28H29N3O.C4H4O4/c1-23-8-10-25(11-9-23)22-30-18-20-31(21-19-30)28(17-12-24-6-4-3-5-7-24)29-26-13-15-27(32-2)16-14-26;5-3(6)1-2-4(7)8/h3-11,13-16H,18-22H2,1-2H3;1-2H,(H,5,6)(H,7,8)/b29-28-;2-1-. The number of carboxylic acid groups (broad SMARTS) is 2. The number of aliphatic carboxylic acids is 2. The molecular formula is C32H33N3O5. The quantitative estimate of drug-likeness (QED) is 0.204. The van der Waals surface area contributed by atoms with Crippen LogP contribution in [0.2, 0.25) is 0 Å². The molecule has 0 atom stereocenters. The van der Waals surface area contributed by atoms with E-state index >= 15 is 0 Å². The summed E-state index contributed by atoms with van der Waals surface area (Å²) >= 11 is 0. The highest BCUT2D eigenvalue weighted by molar-refractivity contribution is 6.00. The van der Waals surface area contributed by atoms with Gasteiger partial charge < -0.3 is 19.8 Å². The number of aryl methyl sites for hydroxylation is 1. The minimum Gasteiger partial charge on any atom is -0.497 e. The average molecular weight is 540 g/mol. The molecule has 0 radical (unpaired) electrons. The normalized spacial score (nSPS) is 13.6. The van der Waals surface area contributed by atoms with E-state index in [1.54, 1.807) is 7.11 Å². The molecule has 8 heteroatoms. The first-order valence-corrected chi connectivity index (χ1v) is 12.8. The fraction of sp³-hybridized carbons (Fsp3) is 0.219. The van der Waals surface area contributed by atoms with Gasteiger partial charge in [-0.3, -0.25) is 4.90 Å². The fourth-order valence-corrected chi connectivity index (χ4v) is 3.82. The van der Waals surface area contributed by atoms with Gasteiger partial charge in [0.15, 0.2) is 5.84 Å². The van der Waals surface area contributed by atoms with Crippen LogP contribution in [0.1, 0.15) is 16.7 Å². The zero-order valence-corrected chi connectivity index (χ0v) is 22.7. The van der Waals surface area contributed by atoms with E-state index in [1.165, 1.54) is 11.1 Å². The number of hydrogen-bond donors (Lipinski definition) is 2. The van der Waals surface area contributed by atoms with Crippen LogP contribution in [0.3, 0.4) is 0 Å². The first-order valence-electron chi connectivity index (χ1n) is 12.8. The molecule has 40 heavy (non-hydrogen) atoms. The number of amidine groups is 1. The SMILES string of the molecule is COc1ccc(/N=C(/C#Cc2ccccc2)N2CCN(Cc3ccc(C)cc3)CC2)cc1.O=C(O)/C=C\C(=O)O. The van der Waals surface area contributed by atoms with E-state index in [9.17, 15) is 9.59 Å². The van der Waals surface area contributed by atoms with Crippen molar-refractivity contribution in [3.8, 4) is 17.6 Å². The second-order valence-electron chi connectivity index (χ2n) is 9.01. The van der Waals surface area contributed by atoms with Crippen molar-refractivity contribution in [1.29, 1.82) is 0 Å². The van der Waals surface area contributed by atoms with E-state index in [-0.39, 0.29) is 0 Å². The number of piperazine rings is 1. The van der Waals surface area contributed by atoms with E-state index < -0.39 is 11.9 Å². The second kappa shape index (κ2) is 15.5. The van der Waals surface area contributed by atoms with E-state index in [0.717, 1.165) is 55.6 Å². The molecule has 8 nitrogen and oxygen atoms in total. The molecular weight excluding hydrogens is 506 g/mol. The number of hydrogen-bond acceptors (Lipinski definition) is 5. The molecule has 2 N–H and O–H groups in total. The highest BCUT2D eigenvalue weighted by atomic mass is 16.5. The van der Waals surface area contributed by atoms with Crippen molar-refractivity contribution in [2.75, 3.05) is 33.3 Å².